The van der Waals surface area contributed by atoms with E-state index in [-0.39, 0.29) is 25.0 Å². The van der Waals surface area contributed by atoms with Crippen LogP contribution in [-0.4, -0.2) is 40.4 Å². The molecule has 0 radical (unpaired) electrons. The highest BCUT2D eigenvalue weighted by atomic mass is 19.4. The Morgan fingerprint density at radius 1 is 0.933 bits per heavy atom. The zero-order valence-electron chi connectivity index (χ0n) is 16.2. The summed E-state index contributed by atoms with van der Waals surface area (Å²) in [6, 6.07) is 12.8. The third-order valence-corrected chi connectivity index (χ3v) is 5.65. The number of carbonyl (C=O) groups excluding carboxylic acids is 2. The number of nitrogens with zero attached hydrogens (tertiary/aromatic N) is 2. The Labute approximate surface area is 172 Å². The molecule has 158 valence electrons. The molecule has 2 heterocycles. The summed E-state index contributed by atoms with van der Waals surface area (Å²) in [5, 5.41) is 3.22. The number of hydrogen-bond donors (Lipinski definition) is 1. The van der Waals surface area contributed by atoms with Crippen LogP contribution in [0.5, 0.6) is 0 Å². The van der Waals surface area contributed by atoms with Crippen LogP contribution < -0.4 is 5.32 Å². The van der Waals surface area contributed by atoms with Gasteiger partial charge in [-0.15, -0.1) is 0 Å². The highest BCUT2D eigenvalue weighted by molar-refractivity contribution is 6.00. The van der Waals surface area contributed by atoms with Crippen LogP contribution in [-0.2, 0) is 24.1 Å². The maximum Gasteiger partial charge on any atom is 0.416 e. The second-order valence-electron chi connectivity index (χ2n) is 7.66. The summed E-state index contributed by atoms with van der Waals surface area (Å²) in [4.78, 5) is 29.1. The van der Waals surface area contributed by atoms with Gasteiger partial charge >= 0.3 is 12.2 Å². The topological polar surface area (TPSA) is 52.7 Å². The van der Waals surface area contributed by atoms with Crippen molar-refractivity contribution < 1.29 is 22.8 Å². The lowest BCUT2D eigenvalue weighted by Crippen LogP contribution is -2.68. The van der Waals surface area contributed by atoms with Crippen LogP contribution in [0.15, 0.2) is 54.6 Å². The highest BCUT2D eigenvalue weighted by Gasteiger charge is 2.47. The number of piperidine rings is 1. The average molecular weight is 417 g/mol. The lowest BCUT2D eigenvalue weighted by molar-refractivity contribution is -0.138. The fourth-order valence-corrected chi connectivity index (χ4v) is 4.11. The highest BCUT2D eigenvalue weighted by Crippen LogP contribution is 2.31. The van der Waals surface area contributed by atoms with Crippen molar-refractivity contribution >= 4 is 11.9 Å². The molecule has 2 aliphatic heterocycles. The largest absolute Gasteiger partial charge is 0.416 e. The predicted molar refractivity (Wildman–Crippen MR) is 104 cm³/mol. The summed E-state index contributed by atoms with van der Waals surface area (Å²) in [5.41, 5.74) is 0.701. The second-order valence-corrected chi connectivity index (χ2v) is 7.66. The molecule has 5 nitrogen and oxygen atoms in total. The summed E-state index contributed by atoms with van der Waals surface area (Å²) in [7, 11) is 0. The fraction of sp³-hybridized carbons (Fsp3) is 0.364. The predicted octanol–water partition coefficient (Wildman–Crippen LogP) is 3.79. The van der Waals surface area contributed by atoms with Crippen LogP contribution in [0, 0.1) is 0 Å². The molecule has 1 N–H and O–H groups in total. The van der Waals surface area contributed by atoms with Crippen LogP contribution in [0.3, 0.4) is 0 Å². The van der Waals surface area contributed by atoms with Crippen LogP contribution >= 0.6 is 0 Å². The molecule has 0 aromatic heterocycles. The number of carbonyl (C=O) groups is 2. The molecular weight excluding hydrogens is 395 g/mol. The monoisotopic (exact) mass is 417 g/mol. The lowest BCUT2D eigenvalue weighted by Gasteiger charge is -2.47. The van der Waals surface area contributed by atoms with Gasteiger partial charge in [0.25, 0.3) is 0 Å². The summed E-state index contributed by atoms with van der Waals surface area (Å²) in [5.74, 6) is -0.253. The Morgan fingerprint density at radius 2 is 1.60 bits per heavy atom. The number of alkyl halides is 3. The Morgan fingerprint density at radius 3 is 2.27 bits per heavy atom. The van der Waals surface area contributed by atoms with Crippen molar-refractivity contribution in [3.05, 3.63) is 71.3 Å². The molecule has 2 aliphatic rings. The van der Waals surface area contributed by atoms with Crippen LogP contribution in [0.25, 0.3) is 0 Å². The minimum absolute atomic E-state index is 0.151. The summed E-state index contributed by atoms with van der Waals surface area (Å²) in [6.45, 7) is 1.000. The zero-order chi connectivity index (χ0) is 21.3. The van der Waals surface area contributed by atoms with Gasteiger partial charge in [-0.2, -0.15) is 13.2 Å². The Balaban J connectivity index is 1.59. The second kappa shape index (κ2) is 8.10. The number of urea groups is 1. The first-order chi connectivity index (χ1) is 14.3. The van der Waals surface area contributed by atoms with Crippen molar-refractivity contribution in [3.8, 4) is 0 Å². The number of rotatable bonds is 4. The number of hydrogen-bond acceptors (Lipinski definition) is 3. The molecule has 0 spiro atoms. The van der Waals surface area contributed by atoms with E-state index in [1.54, 1.807) is 4.90 Å². The van der Waals surface area contributed by atoms with E-state index in [1.165, 1.54) is 17.0 Å². The fourth-order valence-electron chi connectivity index (χ4n) is 4.11. The molecule has 8 heteroatoms. The molecular formula is C22H22F3N3O2. The molecule has 30 heavy (non-hydrogen) atoms. The summed E-state index contributed by atoms with van der Waals surface area (Å²) < 4.78 is 38.5. The third-order valence-electron chi connectivity index (χ3n) is 5.65. The molecule has 2 fully saturated rings. The number of amides is 3. The van der Waals surface area contributed by atoms with E-state index in [4.69, 9.17) is 0 Å². The Bertz CT molecular complexity index is 915. The summed E-state index contributed by atoms with van der Waals surface area (Å²) in [6.07, 6.45) is -2.91. The number of nitrogens with one attached hydrogen (secondary N) is 1. The standard InChI is InChI=1S/C22H22F3N3O2/c23-22(24,25)17-10-8-16(9-11-17)13-27-18-7-4-12-26-19(18)20(29)28(21(27)30)14-15-5-2-1-3-6-15/h1-3,5-6,8-11,18-19,26H,4,7,12-14H2. The number of fused-ring (bicyclic) bond motifs is 1. The number of benzene rings is 2. The van der Waals surface area contributed by atoms with Gasteiger partial charge in [0.2, 0.25) is 5.91 Å². The maximum atomic E-state index is 13.2. The van der Waals surface area contributed by atoms with Gasteiger partial charge in [-0.3, -0.25) is 9.69 Å². The molecule has 0 saturated carbocycles. The molecule has 2 atom stereocenters. The molecule has 0 bridgehead atoms. The van der Waals surface area contributed by atoms with Crippen LogP contribution in [0.4, 0.5) is 18.0 Å². The number of halogens is 3. The average Bonchev–Trinajstić information content (AvgIpc) is 2.75. The normalized spacial score (nSPS) is 22.2. The van der Waals surface area contributed by atoms with Crippen LogP contribution in [0.2, 0.25) is 0 Å². The molecule has 2 unspecified atom stereocenters. The van der Waals surface area contributed by atoms with Gasteiger partial charge in [-0.1, -0.05) is 42.5 Å². The van der Waals surface area contributed by atoms with Crippen molar-refractivity contribution in [3.63, 3.8) is 0 Å². The number of imide groups is 1. The zero-order valence-corrected chi connectivity index (χ0v) is 16.2. The molecule has 0 aliphatic carbocycles. The minimum atomic E-state index is -4.41. The van der Waals surface area contributed by atoms with Crippen LogP contribution in [0.1, 0.15) is 29.5 Å². The van der Waals surface area contributed by atoms with Gasteiger partial charge in [0, 0.05) is 6.54 Å². The summed E-state index contributed by atoms with van der Waals surface area (Å²) >= 11 is 0. The van der Waals surface area contributed by atoms with Crippen molar-refractivity contribution in [2.75, 3.05) is 6.54 Å². The van der Waals surface area contributed by atoms with E-state index in [2.05, 4.69) is 5.32 Å². The first-order valence-corrected chi connectivity index (χ1v) is 9.90. The van der Waals surface area contributed by atoms with Gasteiger partial charge in [-0.05, 0) is 42.6 Å². The first kappa shape index (κ1) is 20.4. The minimum Gasteiger partial charge on any atom is -0.315 e. The van der Waals surface area contributed by atoms with Gasteiger partial charge < -0.3 is 10.2 Å². The quantitative estimate of drug-likeness (QED) is 0.824. The SMILES string of the molecule is O=C1C2NCCCC2N(Cc2ccc(C(F)(F)F)cc2)C(=O)N1Cc1ccccc1. The smallest absolute Gasteiger partial charge is 0.315 e. The Hall–Kier alpha value is -2.87. The molecule has 2 saturated heterocycles. The molecule has 2 aromatic carbocycles. The molecule has 4 rings (SSSR count). The third kappa shape index (κ3) is 4.05. The maximum absolute atomic E-state index is 13.2. The van der Waals surface area contributed by atoms with Crippen molar-refractivity contribution in [2.24, 2.45) is 0 Å². The van der Waals surface area contributed by atoms with Crippen molar-refractivity contribution in [1.29, 1.82) is 0 Å². The molecule has 3 amide bonds. The van der Waals surface area contributed by atoms with Crippen molar-refractivity contribution in [1.82, 2.24) is 15.1 Å². The van der Waals surface area contributed by atoms with E-state index in [0.29, 0.717) is 18.5 Å². The first-order valence-electron chi connectivity index (χ1n) is 9.90. The van der Waals surface area contributed by atoms with E-state index in [1.807, 2.05) is 30.3 Å². The van der Waals surface area contributed by atoms with Gasteiger partial charge in [0.1, 0.15) is 6.04 Å². The van der Waals surface area contributed by atoms with E-state index in [0.717, 1.165) is 24.1 Å². The lowest BCUT2D eigenvalue weighted by atomic mass is 9.92. The van der Waals surface area contributed by atoms with E-state index in [9.17, 15) is 22.8 Å². The van der Waals surface area contributed by atoms with Gasteiger partial charge in [0.05, 0.1) is 18.2 Å². The molecule has 2 aromatic rings. The van der Waals surface area contributed by atoms with E-state index < -0.39 is 23.8 Å². The van der Waals surface area contributed by atoms with E-state index >= 15 is 0 Å². The van der Waals surface area contributed by atoms with Gasteiger partial charge in [0.15, 0.2) is 0 Å². The van der Waals surface area contributed by atoms with Crippen molar-refractivity contribution in [2.45, 2.75) is 44.2 Å². The van der Waals surface area contributed by atoms with Gasteiger partial charge in [-0.25, -0.2) is 4.79 Å². The Kier molecular flexibility index (Phi) is 5.51.